The molecule has 0 bridgehead atoms. The predicted molar refractivity (Wildman–Crippen MR) is 98.1 cm³/mol. The normalized spacial score (nSPS) is 16.5. The fourth-order valence-corrected chi connectivity index (χ4v) is 4.95. The van der Waals surface area contributed by atoms with Crippen molar-refractivity contribution in [3.8, 4) is 0 Å². The van der Waals surface area contributed by atoms with E-state index in [9.17, 15) is 30.8 Å². The van der Waals surface area contributed by atoms with Gasteiger partial charge in [-0.3, -0.25) is 4.79 Å². The number of alkyl halides is 3. The maximum atomic E-state index is 13.9. The summed E-state index contributed by atoms with van der Waals surface area (Å²) < 4.78 is 84.2. The van der Waals surface area contributed by atoms with Crippen LogP contribution in [0.1, 0.15) is 18.6 Å². The molecule has 30 heavy (non-hydrogen) atoms. The Hall–Kier alpha value is -2.40. The van der Waals surface area contributed by atoms with E-state index >= 15 is 0 Å². The molecule has 2 aromatic rings. The zero-order valence-corrected chi connectivity index (χ0v) is 16.6. The number of halogens is 4. The van der Waals surface area contributed by atoms with Crippen LogP contribution in [0, 0.1) is 11.7 Å². The molecule has 11 heteroatoms. The van der Waals surface area contributed by atoms with Gasteiger partial charge in [0.15, 0.2) is 0 Å². The number of furan rings is 1. The van der Waals surface area contributed by atoms with Crippen LogP contribution in [0.4, 0.5) is 17.6 Å². The molecule has 1 aromatic heterocycles. The van der Waals surface area contributed by atoms with Crippen molar-refractivity contribution in [1.82, 2.24) is 9.21 Å². The minimum atomic E-state index is -4.59. The van der Waals surface area contributed by atoms with Crippen molar-refractivity contribution < 1.29 is 35.2 Å². The number of carbonyl (C=O) groups is 1. The van der Waals surface area contributed by atoms with Crippen LogP contribution >= 0.6 is 0 Å². The van der Waals surface area contributed by atoms with Crippen molar-refractivity contribution in [3.05, 3.63) is 54.2 Å². The van der Waals surface area contributed by atoms with Crippen LogP contribution in [0.3, 0.4) is 0 Å². The lowest BCUT2D eigenvalue weighted by Gasteiger charge is -2.33. The number of sulfonamides is 1. The van der Waals surface area contributed by atoms with E-state index in [0.29, 0.717) is 4.90 Å². The molecule has 0 N–H and O–H groups in total. The largest absolute Gasteiger partial charge is 0.467 e. The molecule has 1 amide bonds. The highest BCUT2D eigenvalue weighted by atomic mass is 32.2. The smallest absolute Gasteiger partial charge is 0.406 e. The monoisotopic (exact) mass is 448 g/mol. The standard InChI is InChI=1S/C19H20F4N2O4S/c20-16-5-1-2-6-17(16)30(27,28)25-9-7-14(8-10-25)18(26)24(13-19(21,22)23)12-15-4-3-11-29-15/h1-6,11,14H,7-10,12-13H2. The summed E-state index contributed by atoms with van der Waals surface area (Å²) >= 11 is 0. The van der Waals surface area contributed by atoms with Gasteiger partial charge in [0.25, 0.3) is 0 Å². The molecule has 3 rings (SSSR count). The molecule has 0 aliphatic carbocycles. The highest BCUT2D eigenvalue weighted by molar-refractivity contribution is 7.89. The molecule has 0 spiro atoms. The number of benzene rings is 1. The quantitative estimate of drug-likeness (QED) is 0.635. The van der Waals surface area contributed by atoms with Crippen LogP contribution in [0.25, 0.3) is 0 Å². The number of amides is 1. The summed E-state index contributed by atoms with van der Waals surface area (Å²) in [6.45, 7) is -1.94. The molecule has 0 atom stereocenters. The van der Waals surface area contributed by atoms with E-state index in [2.05, 4.69) is 0 Å². The van der Waals surface area contributed by atoms with Crippen molar-refractivity contribution in [2.24, 2.45) is 5.92 Å². The van der Waals surface area contributed by atoms with Crippen molar-refractivity contribution in [1.29, 1.82) is 0 Å². The first kappa shape index (κ1) is 22.3. The van der Waals surface area contributed by atoms with Crippen LogP contribution in [0.5, 0.6) is 0 Å². The van der Waals surface area contributed by atoms with E-state index in [-0.39, 0.29) is 38.2 Å². The molecule has 1 aromatic carbocycles. The summed E-state index contributed by atoms with van der Waals surface area (Å²) in [6.07, 6.45) is -3.20. The lowest BCUT2D eigenvalue weighted by molar-refractivity contribution is -0.166. The number of rotatable bonds is 6. The summed E-state index contributed by atoms with van der Waals surface area (Å²) in [5.41, 5.74) is 0. The van der Waals surface area contributed by atoms with E-state index in [1.54, 1.807) is 0 Å². The minimum Gasteiger partial charge on any atom is -0.467 e. The third-order valence-electron chi connectivity index (χ3n) is 4.87. The van der Waals surface area contributed by atoms with Crippen molar-refractivity contribution in [3.63, 3.8) is 0 Å². The second kappa shape index (κ2) is 8.76. The lowest BCUT2D eigenvalue weighted by atomic mass is 9.96. The maximum absolute atomic E-state index is 13.9. The Labute approximate surface area is 171 Å². The number of hydrogen-bond donors (Lipinski definition) is 0. The molecule has 1 fully saturated rings. The van der Waals surface area contributed by atoms with Gasteiger partial charge in [0.1, 0.15) is 23.0 Å². The van der Waals surface area contributed by atoms with Crippen molar-refractivity contribution in [2.75, 3.05) is 19.6 Å². The Balaban J connectivity index is 1.69. The molecular weight excluding hydrogens is 428 g/mol. The average Bonchev–Trinajstić information content (AvgIpc) is 3.19. The Morgan fingerprint density at radius 2 is 1.80 bits per heavy atom. The molecule has 0 unspecified atom stereocenters. The fraction of sp³-hybridized carbons (Fsp3) is 0.421. The van der Waals surface area contributed by atoms with Crippen LogP contribution in [-0.2, 0) is 21.4 Å². The van der Waals surface area contributed by atoms with Gasteiger partial charge in [-0.15, -0.1) is 0 Å². The molecule has 6 nitrogen and oxygen atoms in total. The predicted octanol–water partition coefficient (Wildman–Crippen LogP) is 3.41. The molecule has 0 radical (unpaired) electrons. The second-order valence-corrected chi connectivity index (χ2v) is 8.90. The minimum absolute atomic E-state index is 0.0407. The first-order valence-electron chi connectivity index (χ1n) is 9.20. The highest BCUT2D eigenvalue weighted by Gasteiger charge is 2.38. The topological polar surface area (TPSA) is 70.8 Å². The van der Waals surface area contributed by atoms with Gasteiger partial charge in [-0.05, 0) is 37.1 Å². The van der Waals surface area contributed by atoms with E-state index in [1.807, 2.05) is 0 Å². The molecule has 1 aliphatic heterocycles. The SMILES string of the molecule is O=C(C1CCN(S(=O)(=O)c2ccccc2F)CC1)N(Cc1ccco1)CC(F)(F)F. The third kappa shape index (κ3) is 5.20. The highest BCUT2D eigenvalue weighted by Crippen LogP contribution is 2.28. The summed E-state index contributed by atoms with van der Waals surface area (Å²) in [7, 11) is -4.09. The molecule has 164 valence electrons. The van der Waals surface area contributed by atoms with Gasteiger partial charge >= 0.3 is 6.18 Å². The molecule has 2 heterocycles. The summed E-state index contributed by atoms with van der Waals surface area (Å²) in [5.74, 6) is -2.15. The first-order chi connectivity index (χ1) is 14.1. The molecular formula is C19H20F4N2O4S. The van der Waals surface area contributed by atoms with E-state index in [4.69, 9.17) is 4.42 Å². The average molecular weight is 448 g/mol. The molecule has 1 aliphatic rings. The van der Waals surface area contributed by atoms with Crippen LogP contribution in [-0.4, -0.2) is 49.3 Å². The maximum Gasteiger partial charge on any atom is 0.406 e. The number of carbonyl (C=O) groups excluding carboxylic acids is 1. The summed E-state index contributed by atoms with van der Waals surface area (Å²) in [4.78, 5) is 12.9. The van der Waals surface area contributed by atoms with Gasteiger partial charge < -0.3 is 9.32 Å². The zero-order chi connectivity index (χ0) is 21.9. The van der Waals surface area contributed by atoms with Crippen LogP contribution in [0.2, 0.25) is 0 Å². The number of hydrogen-bond acceptors (Lipinski definition) is 4. The van der Waals surface area contributed by atoms with Crippen molar-refractivity contribution in [2.45, 2.75) is 30.5 Å². The summed E-state index contributed by atoms with van der Waals surface area (Å²) in [5, 5.41) is 0. The van der Waals surface area contributed by atoms with Gasteiger partial charge in [-0.2, -0.15) is 17.5 Å². The van der Waals surface area contributed by atoms with Crippen LogP contribution in [0.15, 0.2) is 52.0 Å². The van der Waals surface area contributed by atoms with Gasteiger partial charge in [-0.1, -0.05) is 12.1 Å². The fourth-order valence-electron chi connectivity index (χ4n) is 3.41. The Morgan fingerprint density at radius 1 is 1.13 bits per heavy atom. The molecule has 0 saturated carbocycles. The van der Waals surface area contributed by atoms with E-state index < -0.39 is 45.3 Å². The first-order valence-corrected chi connectivity index (χ1v) is 10.6. The van der Waals surface area contributed by atoms with E-state index in [1.165, 1.54) is 30.5 Å². The van der Waals surface area contributed by atoms with Gasteiger partial charge in [-0.25, -0.2) is 12.8 Å². The Bertz CT molecular complexity index is 969. The summed E-state index contributed by atoms with van der Waals surface area (Å²) in [6, 6.07) is 7.93. The number of nitrogens with zero attached hydrogens (tertiary/aromatic N) is 2. The Morgan fingerprint density at radius 3 is 2.37 bits per heavy atom. The van der Waals surface area contributed by atoms with Crippen LogP contribution < -0.4 is 0 Å². The zero-order valence-electron chi connectivity index (χ0n) is 15.8. The Kier molecular flexibility index (Phi) is 6.51. The third-order valence-corrected chi connectivity index (χ3v) is 6.80. The van der Waals surface area contributed by atoms with Gasteiger partial charge in [0.2, 0.25) is 15.9 Å². The van der Waals surface area contributed by atoms with E-state index in [0.717, 1.165) is 16.4 Å². The number of piperidine rings is 1. The second-order valence-electron chi connectivity index (χ2n) is 7.00. The van der Waals surface area contributed by atoms with Gasteiger partial charge in [0.05, 0.1) is 12.8 Å². The molecule has 1 saturated heterocycles. The van der Waals surface area contributed by atoms with Crippen molar-refractivity contribution >= 4 is 15.9 Å². The lowest BCUT2D eigenvalue weighted by Crippen LogP contribution is -2.46. The van der Waals surface area contributed by atoms with Gasteiger partial charge in [0, 0.05) is 19.0 Å².